The summed E-state index contributed by atoms with van der Waals surface area (Å²) in [5.74, 6) is 7.13. The fourth-order valence-electron chi connectivity index (χ4n) is 11.0. The third-order valence-electron chi connectivity index (χ3n) is 13.1. The number of carbonyl (C=O) groups is 4. The van der Waals surface area contributed by atoms with E-state index in [1.807, 2.05) is 6.92 Å². The number of fused-ring (bicyclic) bond motifs is 6. The quantitative estimate of drug-likeness (QED) is 0.238. The van der Waals surface area contributed by atoms with Crippen LogP contribution in [0.1, 0.15) is 87.5 Å². The number of carbonyl (C=O) groups excluding carboxylic acids is 4. The van der Waals surface area contributed by atoms with Gasteiger partial charge in [0.2, 0.25) is 0 Å². The molecule has 0 aromatic rings. The molecule has 0 heterocycles. The minimum Gasteiger partial charge on any atom is -0.300 e. The predicted octanol–water partition coefficient (Wildman–Crippen LogP) is 10.5. The number of ketones is 4. The van der Waals surface area contributed by atoms with E-state index in [1.165, 1.54) is 36.0 Å². The fraction of sp³-hybridized carbons (Fsp3) is 0.574. The zero-order chi connectivity index (χ0) is 37.9. The van der Waals surface area contributed by atoms with E-state index in [0.29, 0.717) is 82.3 Å². The van der Waals surface area contributed by atoms with E-state index >= 15 is 0 Å². The molecule has 7 aliphatic carbocycles. The van der Waals surface area contributed by atoms with Crippen molar-refractivity contribution in [2.45, 2.75) is 87.5 Å². The summed E-state index contributed by atoms with van der Waals surface area (Å²) in [6.45, 7) is 30.9. The van der Waals surface area contributed by atoms with Gasteiger partial charge in [-0.2, -0.15) is 0 Å². The monoisotopic (exact) mass is 692 g/mol. The van der Waals surface area contributed by atoms with Crippen LogP contribution in [0.2, 0.25) is 0 Å². The van der Waals surface area contributed by atoms with Crippen molar-refractivity contribution < 1.29 is 19.2 Å². The maximum absolute atomic E-state index is 11.5. The molecule has 0 saturated heterocycles. The number of hydrogen-bond donors (Lipinski definition) is 0. The summed E-state index contributed by atoms with van der Waals surface area (Å²) in [6, 6.07) is 0. The average Bonchev–Trinajstić information content (AvgIpc) is 3.92. The van der Waals surface area contributed by atoms with Gasteiger partial charge in [0.05, 0.1) is 0 Å². The van der Waals surface area contributed by atoms with Gasteiger partial charge in [0.25, 0.3) is 0 Å². The van der Waals surface area contributed by atoms with E-state index in [1.54, 1.807) is 27.7 Å². The van der Waals surface area contributed by atoms with Crippen LogP contribution in [0.4, 0.5) is 0 Å². The molecule has 276 valence electrons. The second-order valence-electron chi connectivity index (χ2n) is 17.0. The van der Waals surface area contributed by atoms with Crippen LogP contribution in [0.5, 0.6) is 0 Å². The second-order valence-corrected chi connectivity index (χ2v) is 17.0. The molecule has 4 heteroatoms. The second kappa shape index (κ2) is 17.0. The summed E-state index contributed by atoms with van der Waals surface area (Å²) in [4.78, 5) is 45.7. The number of rotatable bonds is 8. The smallest absolute Gasteiger partial charge is 0.134 e. The molecular weight excluding hydrogens is 629 g/mol. The molecule has 3 fully saturated rings. The Kier molecular flexibility index (Phi) is 13.4. The molecule has 0 aromatic heterocycles. The van der Waals surface area contributed by atoms with Gasteiger partial charge < -0.3 is 0 Å². The van der Waals surface area contributed by atoms with Crippen LogP contribution >= 0.6 is 0 Å². The molecule has 0 aromatic carbocycles. The van der Waals surface area contributed by atoms with Crippen LogP contribution in [0.25, 0.3) is 0 Å². The normalized spacial score (nSPS) is 38.1. The molecule has 51 heavy (non-hydrogen) atoms. The molecule has 9 unspecified atom stereocenters. The Labute approximate surface area is 309 Å². The molecule has 0 amide bonds. The minimum atomic E-state index is 0.187. The molecule has 6 bridgehead atoms. The number of Topliss-reactive ketones (excluding diaryl/α,β-unsaturated/α-hetero) is 4. The highest BCUT2D eigenvalue weighted by molar-refractivity contribution is 5.82. The Hall–Kier alpha value is -3.40. The topological polar surface area (TPSA) is 68.3 Å². The van der Waals surface area contributed by atoms with Crippen molar-refractivity contribution in [3.8, 4) is 0 Å². The molecule has 0 spiro atoms. The van der Waals surface area contributed by atoms with Gasteiger partial charge >= 0.3 is 0 Å². The first kappa shape index (κ1) is 40.4. The minimum absolute atomic E-state index is 0.187. The SMILES string of the molecule is C=C(C)C1C2C=CC(C2)C1C(C)=O.C=C(C)[C@@H]1C2C=CC(C2)C1C(C)=O.C=C(C)[C@@H]1CC=CC[C@@H]1C(C)=O.C=C(C)[C@H]1C2C=CC(C2)[C@@H]1C(C)=O. The van der Waals surface area contributed by atoms with Crippen LogP contribution in [-0.4, -0.2) is 23.1 Å². The van der Waals surface area contributed by atoms with Gasteiger partial charge in [0, 0.05) is 23.7 Å². The van der Waals surface area contributed by atoms with Crippen LogP contribution in [-0.2, 0) is 19.2 Å². The summed E-state index contributed by atoms with van der Waals surface area (Å²) in [5, 5.41) is 0. The highest BCUT2D eigenvalue weighted by Crippen LogP contribution is 2.52. The Bertz CT molecular complexity index is 1300. The van der Waals surface area contributed by atoms with Gasteiger partial charge in [-0.25, -0.2) is 0 Å². The molecule has 0 N–H and O–H groups in total. The molecule has 14 atom stereocenters. The van der Waals surface area contributed by atoms with Gasteiger partial charge in [-0.3, -0.25) is 19.2 Å². The number of allylic oxidation sites excluding steroid dienone is 12. The van der Waals surface area contributed by atoms with Crippen LogP contribution in [0.15, 0.2) is 97.2 Å². The summed E-state index contributed by atoms with van der Waals surface area (Å²) in [6.07, 6.45) is 23.1. The van der Waals surface area contributed by atoms with Gasteiger partial charge in [-0.05, 0) is 147 Å². The summed E-state index contributed by atoms with van der Waals surface area (Å²) < 4.78 is 0. The standard InChI is InChI=1S/3C12H16O.C11H16O/c3*1-7(2)11-9-4-5-10(6-9)12(11)8(3)13;1-8(2)10-6-4-5-7-11(10)9(3)12/h3*4-5,9-12H,1,6H2,2-3H3;4-5,10-11H,1,6-7H2,2-3H3/t9?,10?,11-,12?;9?,10?,11-,12-;;10-,11+/m10.0/s1. The van der Waals surface area contributed by atoms with E-state index in [0.717, 1.165) is 18.4 Å². The molecule has 4 nitrogen and oxygen atoms in total. The number of hydrogen-bond acceptors (Lipinski definition) is 4. The lowest BCUT2D eigenvalue weighted by atomic mass is 9.77. The lowest BCUT2D eigenvalue weighted by Crippen LogP contribution is -2.26. The molecule has 3 saturated carbocycles. The van der Waals surface area contributed by atoms with Crippen molar-refractivity contribution in [1.29, 1.82) is 0 Å². The third-order valence-corrected chi connectivity index (χ3v) is 13.1. The van der Waals surface area contributed by atoms with Crippen molar-refractivity contribution in [3.05, 3.63) is 97.2 Å². The zero-order valence-electron chi connectivity index (χ0n) is 32.7. The summed E-state index contributed by atoms with van der Waals surface area (Å²) >= 11 is 0. The summed E-state index contributed by atoms with van der Waals surface area (Å²) in [5.41, 5.74) is 4.67. The van der Waals surface area contributed by atoms with E-state index in [2.05, 4.69) is 95.7 Å². The summed E-state index contributed by atoms with van der Waals surface area (Å²) in [7, 11) is 0. The highest BCUT2D eigenvalue weighted by atomic mass is 16.1. The van der Waals surface area contributed by atoms with Gasteiger partial charge in [-0.15, -0.1) is 0 Å². The van der Waals surface area contributed by atoms with Crippen LogP contribution < -0.4 is 0 Å². The molecular formula is C47H64O4. The van der Waals surface area contributed by atoms with E-state index in [-0.39, 0.29) is 23.7 Å². The maximum atomic E-state index is 11.5. The van der Waals surface area contributed by atoms with Crippen molar-refractivity contribution in [2.24, 2.45) is 82.9 Å². The molecule has 7 aliphatic rings. The van der Waals surface area contributed by atoms with Gasteiger partial charge in [-0.1, -0.05) is 97.2 Å². The van der Waals surface area contributed by atoms with E-state index < -0.39 is 0 Å². The Morgan fingerprint density at radius 2 is 0.627 bits per heavy atom. The van der Waals surface area contributed by atoms with Crippen LogP contribution in [0.3, 0.4) is 0 Å². The maximum Gasteiger partial charge on any atom is 0.134 e. The van der Waals surface area contributed by atoms with Gasteiger partial charge in [0.15, 0.2) is 0 Å². The van der Waals surface area contributed by atoms with E-state index in [9.17, 15) is 19.2 Å². The average molecular weight is 693 g/mol. The molecule has 0 radical (unpaired) electrons. The van der Waals surface area contributed by atoms with Crippen molar-refractivity contribution in [1.82, 2.24) is 0 Å². The lowest BCUT2D eigenvalue weighted by molar-refractivity contribution is -0.123. The zero-order valence-corrected chi connectivity index (χ0v) is 32.7. The molecule has 0 aliphatic heterocycles. The Balaban J connectivity index is 0.000000153. The fourth-order valence-corrected chi connectivity index (χ4v) is 11.0. The van der Waals surface area contributed by atoms with Crippen molar-refractivity contribution in [2.75, 3.05) is 0 Å². The third kappa shape index (κ3) is 8.81. The lowest BCUT2D eigenvalue weighted by Gasteiger charge is -2.26. The Morgan fingerprint density at radius 1 is 0.373 bits per heavy atom. The van der Waals surface area contributed by atoms with Crippen molar-refractivity contribution >= 4 is 23.1 Å². The highest BCUT2D eigenvalue weighted by Gasteiger charge is 2.48. The Morgan fingerprint density at radius 3 is 0.804 bits per heavy atom. The predicted molar refractivity (Wildman–Crippen MR) is 210 cm³/mol. The van der Waals surface area contributed by atoms with Gasteiger partial charge in [0.1, 0.15) is 23.1 Å². The first-order valence-corrected chi connectivity index (χ1v) is 19.3. The largest absolute Gasteiger partial charge is 0.300 e. The first-order valence-electron chi connectivity index (χ1n) is 19.3. The van der Waals surface area contributed by atoms with Crippen LogP contribution in [0, 0.1) is 82.9 Å². The van der Waals surface area contributed by atoms with E-state index in [4.69, 9.17) is 0 Å². The van der Waals surface area contributed by atoms with Crippen molar-refractivity contribution in [3.63, 3.8) is 0 Å². The first-order chi connectivity index (χ1) is 24.0. The molecule has 7 rings (SSSR count).